The molecule has 2 rings (SSSR count). The molecule has 0 bridgehead atoms. The van der Waals surface area contributed by atoms with E-state index in [4.69, 9.17) is 39.5 Å². The first kappa shape index (κ1) is 13.9. The van der Waals surface area contributed by atoms with E-state index >= 15 is 0 Å². The van der Waals surface area contributed by atoms with E-state index < -0.39 is 5.91 Å². The highest BCUT2D eigenvalue weighted by molar-refractivity contribution is 6.49. The van der Waals surface area contributed by atoms with Crippen LogP contribution in [-0.4, -0.2) is 33.2 Å². The van der Waals surface area contributed by atoms with Gasteiger partial charge in [-0.2, -0.15) is 4.98 Å². The largest absolute Gasteiger partial charge is 0.466 e. The number of methoxy groups -OCH3 is 1. The maximum Gasteiger partial charge on any atom is 0.336 e. The Morgan fingerprint density at radius 1 is 1.37 bits per heavy atom. The highest BCUT2D eigenvalue weighted by Crippen LogP contribution is 2.31. The van der Waals surface area contributed by atoms with Crippen LogP contribution in [0.5, 0.6) is 6.01 Å². The van der Waals surface area contributed by atoms with Gasteiger partial charge in [-0.1, -0.05) is 34.8 Å². The third-order valence-electron chi connectivity index (χ3n) is 2.01. The van der Waals surface area contributed by atoms with Crippen molar-refractivity contribution in [2.75, 3.05) is 12.4 Å². The summed E-state index contributed by atoms with van der Waals surface area (Å²) in [5.41, 5.74) is -0.0774. The average molecular weight is 323 g/mol. The molecule has 2 N–H and O–H groups in total. The van der Waals surface area contributed by atoms with E-state index in [0.717, 1.165) is 0 Å². The number of ether oxygens (including phenoxy) is 1. The summed E-state index contributed by atoms with van der Waals surface area (Å²) < 4.78 is 4.76. The highest BCUT2D eigenvalue weighted by Gasteiger charge is 2.18. The van der Waals surface area contributed by atoms with Gasteiger partial charge in [-0.25, -0.2) is 10.1 Å². The van der Waals surface area contributed by atoms with Gasteiger partial charge in [-0.05, 0) is 0 Å². The molecule has 2 heterocycles. The summed E-state index contributed by atoms with van der Waals surface area (Å²) in [6.45, 7) is 0. The number of nitrogens with zero attached hydrogens (tertiary/aromatic N) is 3. The standard InChI is InChI=1S/C9H6Cl3N5O2/c1-19-9-15-8(16-17-9)14-7(18)6-5(12)4(11)3(10)2-13-6/h2H,1H3,(H2,14,15,16,17,18). The molecular weight excluding hydrogens is 316 g/mol. The lowest BCUT2D eigenvalue weighted by Crippen LogP contribution is -2.15. The maximum absolute atomic E-state index is 11.9. The van der Waals surface area contributed by atoms with Crippen LogP contribution in [-0.2, 0) is 0 Å². The minimum Gasteiger partial charge on any atom is -0.466 e. The number of carbonyl (C=O) groups excluding carboxylic acids is 1. The van der Waals surface area contributed by atoms with E-state index in [-0.39, 0.29) is 32.7 Å². The van der Waals surface area contributed by atoms with Crippen molar-refractivity contribution in [1.29, 1.82) is 0 Å². The molecule has 0 saturated carbocycles. The molecule has 0 saturated heterocycles. The Kier molecular flexibility index (Phi) is 4.08. The molecule has 7 nitrogen and oxygen atoms in total. The molecule has 0 atom stereocenters. The number of nitrogens with one attached hydrogen (secondary N) is 2. The molecule has 0 aromatic carbocycles. The van der Waals surface area contributed by atoms with Crippen molar-refractivity contribution in [2.24, 2.45) is 0 Å². The number of anilines is 1. The van der Waals surface area contributed by atoms with Crippen LogP contribution < -0.4 is 10.1 Å². The third kappa shape index (κ3) is 2.89. The molecule has 0 aliphatic carbocycles. The van der Waals surface area contributed by atoms with Crippen LogP contribution in [0.1, 0.15) is 10.5 Å². The molecular formula is C9H6Cl3N5O2. The highest BCUT2D eigenvalue weighted by atomic mass is 35.5. The summed E-state index contributed by atoms with van der Waals surface area (Å²) in [6, 6.07) is 0.0866. The molecule has 0 aliphatic heterocycles. The molecule has 0 aliphatic rings. The van der Waals surface area contributed by atoms with Gasteiger partial charge in [0, 0.05) is 6.20 Å². The molecule has 100 valence electrons. The fraction of sp³-hybridized carbons (Fsp3) is 0.111. The second kappa shape index (κ2) is 5.60. The van der Waals surface area contributed by atoms with E-state index in [0.29, 0.717) is 0 Å². The number of rotatable bonds is 3. The Balaban J connectivity index is 2.23. The quantitative estimate of drug-likeness (QED) is 0.905. The molecule has 0 spiro atoms. The molecule has 0 fully saturated rings. The smallest absolute Gasteiger partial charge is 0.336 e. The minimum absolute atomic E-state index is 0.0434. The van der Waals surface area contributed by atoms with Crippen molar-refractivity contribution >= 4 is 46.7 Å². The molecule has 0 radical (unpaired) electrons. The average Bonchev–Trinajstić information content (AvgIpc) is 2.83. The molecule has 2 aromatic rings. The van der Waals surface area contributed by atoms with Crippen LogP contribution in [0.2, 0.25) is 15.1 Å². The van der Waals surface area contributed by atoms with Crippen LogP contribution in [0.15, 0.2) is 6.20 Å². The Hall–Kier alpha value is -1.57. The van der Waals surface area contributed by atoms with Crippen LogP contribution >= 0.6 is 34.8 Å². The second-order valence-corrected chi connectivity index (χ2v) is 4.37. The first-order valence-corrected chi connectivity index (χ1v) is 5.93. The van der Waals surface area contributed by atoms with Crippen molar-refractivity contribution < 1.29 is 9.53 Å². The second-order valence-electron chi connectivity index (χ2n) is 3.21. The number of pyridine rings is 1. The van der Waals surface area contributed by atoms with E-state index in [1.807, 2.05) is 0 Å². The first-order chi connectivity index (χ1) is 9.02. The number of H-pyrrole nitrogens is 1. The summed E-state index contributed by atoms with van der Waals surface area (Å²) in [4.78, 5) is 19.5. The number of carbonyl (C=O) groups is 1. The number of halogens is 3. The van der Waals surface area contributed by atoms with Crippen molar-refractivity contribution in [1.82, 2.24) is 20.2 Å². The van der Waals surface area contributed by atoms with E-state index in [2.05, 4.69) is 25.5 Å². The number of hydrogen-bond acceptors (Lipinski definition) is 5. The summed E-state index contributed by atoms with van der Waals surface area (Å²) in [6.07, 6.45) is 1.23. The van der Waals surface area contributed by atoms with E-state index in [9.17, 15) is 4.79 Å². The van der Waals surface area contributed by atoms with Gasteiger partial charge in [0.2, 0.25) is 5.95 Å². The van der Waals surface area contributed by atoms with E-state index in [1.165, 1.54) is 13.3 Å². The van der Waals surface area contributed by atoms with Gasteiger partial charge in [-0.15, -0.1) is 5.10 Å². The van der Waals surface area contributed by atoms with Gasteiger partial charge < -0.3 is 4.74 Å². The lowest BCUT2D eigenvalue weighted by atomic mass is 10.3. The van der Waals surface area contributed by atoms with Crippen LogP contribution in [0.4, 0.5) is 5.95 Å². The number of amides is 1. The predicted octanol–water partition coefficient (Wildman–Crippen LogP) is 2.42. The fourth-order valence-electron chi connectivity index (χ4n) is 1.16. The number of aromatic amines is 1. The van der Waals surface area contributed by atoms with Crippen molar-refractivity contribution in [3.63, 3.8) is 0 Å². The molecule has 0 unspecified atom stereocenters. The van der Waals surface area contributed by atoms with Gasteiger partial charge in [0.1, 0.15) is 5.69 Å². The third-order valence-corrected chi connectivity index (χ3v) is 3.25. The van der Waals surface area contributed by atoms with Crippen molar-refractivity contribution in [3.05, 3.63) is 27.0 Å². The van der Waals surface area contributed by atoms with E-state index in [1.54, 1.807) is 0 Å². The lowest BCUT2D eigenvalue weighted by Gasteiger charge is -2.05. The topological polar surface area (TPSA) is 92.8 Å². The lowest BCUT2D eigenvalue weighted by molar-refractivity contribution is 0.102. The monoisotopic (exact) mass is 321 g/mol. The SMILES string of the molecule is COc1n[nH]c(NC(=O)c2ncc(Cl)c(Cl)c2Cl)n1. The fourth-order valence-corrected chi connectivity index (χ4v) is 1.73. The minimum atomic E-state index is -0.609. The Morgan fingerprint density at radius 2 is 2.11 bits per heavy atom. The maximum atomic E-state index is 11.9. The zero-order valence-electron chi connectivity index (χ0n) is 9.37. The van der Waals surface area contributed by atoms with Crippen LogP contribution in [0.3, 0.4) is 0 Å². The number of hydrogen-bond donors (Lipinski definition) is 2. The van der Waals surface area contributed by atoms with Gasteiger partial charge in [-0.3, -0.25) is 10.1 Å². The molecule has 10 heteroatoms. The Bertz CT molecular complexity index is 630. The van der Waals surface area contributed by atoms with Gasteiger partial charge >= 0.3 is 6.01 Å². The zero-order chi connectivity index (χ0) is 14.0. The Labute approximate surface area is 122 Å². The predicted molar refractivity (Wildman–Crippen MR) is 70.2 cm³/mol. The van der Waals surface area contributed by atoms with Gasteiger partial charge in [0.25, 0.3) is 5.91 Å². The molecule has 2 aromatic heterocycles. The zero-order valence-corrected chi connectivity index (χ0v) is 11.6. The summed E-state index contributed by atoms with van der Waals surface area (Å²) in [5, 5.41) is 8.69. The normalized spacial score (nSPS) is 10.3. The van der Waals surface area contributed by atoms with Gasteiger partial charge in [0.05, 0.1) is 22.2 Å². The van der Waals surface area contributed by atoms with Crippen LogP contribution in [0.25, 0.3) is 0 Å². The summed E-state index contributed by atoms with van der Waals surface area (Å²) in [5.74, 6) is -0.520. The number of aromatic nitrogens is 4. The van der Waals surface area contributed by atoms with Gasteiger partial charge in [0.15, 0.2) is 0 Å². The van der Waals surface area contributed by atoms with Crippen LogP contribution in [0, 0.1) is 0 Å². The summed E-state index contributed by atoms with van der Waals surface area (Å²) >= 11 is 17.4. The summed E-state index contributed by atoms with van der Waals surface area (Å²) in [7, 11) is 1.40. The Morgan fingerprint density at radius 3 is 2.74 bits per heavy atom. The first-order valence-electron chi connectivity index (χ1n) is 4.80. The van der Waals surface area contributed by atoms with Crippen molar-refractivity contribution in [3.8, 4) is 6.01 Å². The van der Waals surface area contributed by atoms with Crippen molar-refractivity contribution in [2.45, 2.75) is 0 Å². The molecule has 1 amide bonds. The molecule has 19 heavy (non-hydrogen) atoms.